The molecule has 0 fully saturated rings. The Morgan fingerprint density at radius 1 is 1.21 bits per heavy atom. The summed E-state index contributed by atoms with van der Waals surface area (Å²) >= 11 is 0. The largest absolute Gasteiger partial charge is 0.342 e. The summed E-state index contributed by atoms with van der Waals surface area (Å²) < 4.78 is 1.80. The van der Waals surface area contributed by atoms with Gasteiger partial charge in [0.2, 0.25) is 0 Å². The van der Waals surface area contributed by atoms with Gasteiger partial charge in [0.1, 0.15) is 6.33 Å². The molecule has 1 unspecified atom stereocenters. The highest BCUT2D eigenvalue weighted by Crippen LogP contribution is 2.25. The van der Waals surface area contributed by atoms with Crippen LogP contribution >= 0.6 is 0 Å². The number of hydrogen-bond acceptors (Lipinski definition) is 5. The standard InChI is InChI=1S/C21H24N6O/c1-13-17-9-4-5-10-18(17)25-19(23-13)15-7-6-8-16(11-15)21(28)24-14(2)20-26-22-12-27(20)3/h6-8,11-12,14H,4-5,9-10H2,1-3H3,(H,24,28). The molecule has 0 aliphatic heterocycles. The molecule has 0 saturated heterocycles. The van der Waals surface area contributed by atoms with Crippen LogP contribution in [0.2, 0.25) is 0 Å². The molecular weight excluding hydrogens is 352 g/mol. The van der Waals surface area contributed by atoms with Gasteiger partial charge in [-0.3, -0.25) is 4.79 Å². The summed E-state index contributed by atoms with van der Waals surface area (Å²) in [4.78, 5) is 22.2. The van der Waals surface area contributed by atoms with Gasteiger partial charge >= 0.3 is 0 Å². The maximum atomic E-state index is 12.7. The predicted molar refractivity (Wildman–Crippen MR) is 106 cm³/mol. The molecule has 1 N–H and O–H groups in total. The quantitative estimate of drug-likeness (QED) is 0.757. The van der Waals surface area contributed by atoms with E-state index in [2.05, 4.69) is 22.4 Å². The summed E-state index contributed by atoms with van der Waals surface area (Å²) in [6, 6.07) is 7.23. The Labute approximate surface area is 164 Å². The van der Waals surface area contributed by atoms with Crippen molar-refractivity contribution in [2.45, 2.75) is 45.6 Å². The molecule has 1 amide bonds. The van der Waals surface area contributed by atoms with E-state index in [1.165, 1.54) is 18.4 Å². The zero-order valence-corrected chi connectivity index (χ0v) is 16.4. The number of nitrogens with zero attached hydrogens (tertiary/aromatic N) is 5. The lowest BCUT2D eigenvalue weighted by Crippen LogP contribution is -2.28. The molecule has 28 heavy (non-hydrogen) atoms. The molecule has 1 aliphatic carbocycles. The molecule has 4 rings (SSSR count). The van der Waals surface area contributed by atoms with Crippen molar-refractivity contribution in [3.63, 3.8) is 0 Å². The smallest absolute Gasteiger partial charge is 0.251 e. The summed E-state index contributed by atoms with van der Waals surface area (Å²) in [6.07, 6.45) is 6.06. The van der Waals surface area contributed by atoms with E-state index in [1.54, 1.807) is 17.0 Å². The molecule has 1 aromatic carbocycles. The van der Waals surface area contributed by atoms with Gasteiger partial charge in [-0.1, -0.05) is 12.1 Å². The van der Waals surface area contributed by atoms with Crippen LogP contribution in [0.5, 0.6) is 0 Å². The second-order valence-corrected chi connectivity index (χ2v) is 7.34. The number of amides is 1. The Kier molecular flexibility index (Phi) is 4.90. The van der Waals surface area contributed by atoms with Crippen LogP contribution in [0.15, 0.2) is 30.6 Å². The first-order valence-electron chi connectivity index (χ1n) is 9.64. The summed E-state index contributed by atoms with van der Waals surface area (Å²) in [5.41, 5.74) is 4.92. The van der Waals surface area contributed by atoms with E-state index in [0.29, 0.717) is 17.2 Å². The van der Waals surface area contributed by atoms with Gasteiger partial charge in [0.05, 0.1) is 6.04 Å². The Balaban J connectivity index is 1.59. The van der Waals surface area contributed by atoms with Gasteiger partial charge in [-0.2, -0.15) is 0 Å². The van der Waals surface area contributed by atoms with Crippen LogP contribution < -0.4 is 5.32 Å². The molecule has 2 heterocycles. The number of aryl methyl sites for hydroxylation is 3. The number of carbonyl (C=O) groups excluding carboxylic acids is 1. The number of fused-ring (bicyclic) bond motifs is 1. The molecule has 1 atom stereocenters. The molecule has 144 valence electrons. The van der Waals surface area contributed by atoms with Gasteiger partial charge in [-0.25, -0.2) is 9.97 Å². The highest BCUT2D eigenvalue weighted by atomic mass is 16.1. The maximum absolute atomic E-state index is 12.7. The highest BCUT2D eigenvalue weighted by Gasteiger charge is 2.18. The van der Waals surface area contributed by atoms with Crippen molar-refractivity contribution in [2.24, 2.45) is 7.05 Å². The topological polar surface area (TPSA) is 85.6 Å². The van der Waals surface area contributed by atoms with Crippen LogP contribution in [0.25, 0.3) is 11.4 Å². The van der Waals surface area contributed by atoms with Gasteiger partial charge in [-0.15, -0.1) is 10.2 Å². The molecule has 3 aromatic rings. The summed E-state index contributed by atoms with van der Waals surface area (Å²) in [5.74, 6) is 1.24. The van der Waals surface area contributed by atoms with Crippen molar-refractivity contribution in [3.8, 4) is 11.4 Å². The first-order valence-corrected chi connectivity index (χ1v) is 9.64. The van der Waals surface area contributed by atoms with E-state index in [9.17, 15) is 4.79 Å². The van der Waals surface area contributed by atoms with Crippen molar-refractivity contribution in [1.82, 2.24) is 30.0 Å². The van der Waals surface area contributed by atoms with Crippen molar-refractivity contribution < 1.29 is 4.79 Å². The average Bonchev–Trinajstić information content (AvgIpc) is 3.14. The molecular formula is C21H24N6O. The van der Waals surface area contributed by atoms with E-state index >= 15 is 0 Å². The fourth-order valence-corrected chi connectivity index (χ4v) is 3.74. The van der Waals surface area contributed by atoms with Gasteiger partial charge in [0, 0.05) is 29.6 Å². The van der Waals surface area contributed by atoms with E-state index < -0.39 is 0 Å². The molecule has 7 nitrogen and oxygen atoms in total. The lowest BCUT2D eigenvalue weighted by molar-refractivity contribution is 0.0938. The molecule has 0 saturated carbocycles. The summed E-state index contributed by atoms with van der Waals surface area (Å²) in [5, 5.41) is 10.9. The number of nitrogens with one attached hydrogen (secondary N) is 1. The number of aromatic nitrogens is 5. The second kappa shape index (κ2) is 7.50. The predicted octanol–water partition coefficient (Wildman–Crippen LogP) is 2.95. The highest BCUT2D eigenvalue weighted by molar-refractivity contribution is 5.95. The van der Waals surface area contributed by atoms with E-state index in [-0.39, 0.29) is 11.9 Å². The molecule has 0 radical (unpaired) electrons. The lowest BCUT2D eigenvalue weighted by Gasteiger charge is -2.18. The fourth-order valence-electron chi connectivity index (χ4n) is 3.74. The fraction of sp³-hybridized carbons (Fsp3) is 0.381. The Morgan fingerprint density at radius 3 is 2.82 bits per heavy atom. The minimum atomic E-state index is -0.245. The maximum Gasteiger partial charge on any atom is 0.251 e. The van der Waals surface area contributed by atoms with Gasteiger partial charge in [0.25, 0.3) is 5.91 Å². The number of rotatable bonds is 4. The van der Waals surface area contributed by atoms with Crippen LogP contribution in [-0.4, -0.2) is 30.6 Å². The average molecular weight is 376 g/mol. The summed E-state index contributed by atoms with van der Waals surface area (Å²) in [6.45, 7) is 3.94. The zero-order chi connectivity index (χ0) is 19.7. The first-order chi connectivity index (χ1) is 13.5. The van der Waals surface area contributed by atoms with Gasteiger partial charge in [-0.05, 0) is 57.2 Å². The monoisotopic (exact) mass is 376 g/mol. The van der Waals surface area contributed by atoms with Crippen molar-refractivity contribution >= 4 is 5.91 Å². The third-order valence-electron chi connectivity index (χ3n) is 5.25. The van der Waals surface area contributed by atoms with Crippen LogP contribution in [0.3, 0.4) is 0 Å². The molecule has 1 aliphatic rings. The third kappa shape index (κ3) is 3.52. The third-order valence-corrected chi connectivity index (χ3v) is 5.25. The molecule has 2 aromatic heterocycles. The summed E-state index contributed by atoms with van der Waals surface area (Å²) in [7, 11) is 1.86. The van der Waals surface area contributed by atoms with Crippen LogP contribution in [0, 0.1) is 6.92 Å². The van der Waals surface area contributed by atoms with Crippen molar-refractivity contribution in [2.75, 3.05) is 0 Å². The molecule has 0 spiro atoms. The van der Waals surface area contributed by atoms with Crippen LogP contribution in [-0.2, 0) is 19.9 Å². The number of hydrogen-bond donors (Lipinski definition) is 1. The van der Waals surface area contributed by atoms with E-state index in [0.717, 1.165) is 29.8 Å². The Hall–Kier alpha value is -3.09. The molecule has 0 bridgehead atoms. The second-order valence-electron chi connectivity index (χ2n) is 7.34. The SMILES string of the molecule is Cc1nc(-c2cccc(C(=O)NC(C)c3nncn3C)c2)nc2c1CCCC2. The normalized spacial score (nSPS) is 14.4. The van der Waals surface area contributed by atoms with Gasteiger partial charge < -0.3 is 9.88 Å². The van der Waals surface area contributed by atoms with Crippen LogP contribution in [0.1, 0.15) is 58.9 Å². The van der Waals surface area contributed by atoms with Crippen molar-refractivity contribution in [1.29, 1.82) is 0 Å². The van der Waals surface area contributed by atoms with Crippen molar-refractivity contribution in [3.05, 3.63) is 58.9 Å². The Bertz CT molecular complexity index is 1030. The minimum Gasteiger partial charge on any atom is -0.342 e. The minimum absolute atomic E-state index is 0.160. The first kappa shape index (κ1) is 18.3. The number of carbonyl (C=O) groups is 1. The van der Waals surface area contributed by atoms with Gasteiger partial charge in [0.15, 0.2) is 11.6 Å². The lowest BCUT2D eigenvalue weighted by atomic mass is 9.94. The van der Waals surface area contributed by atoms with E-state index in [1.807, 2.05) is 32.2 Å². The molecule has 7 heteroatoms. The Morgan fingerprint density at radius 2 is 2.04 bits per heavy atom. The number of benzene rings is 1. The van der Waals surface area contributed by atoms with Crippen LogP contribution in [0.4, 0.5) is 0 Å². The zero-order valence-electron chi connectivity index (χ0n) is 16.4. The van der Waals surface area contributed by atoms with E-state index in [4.69, 9.17) is 9.97 Å².